The summed E-state index contributed by atoms with van der Waals surface area (Å²) in [4.78, 5) is 0.290. The van der Waals surface area contributed by atoms with Crippen LogP contribution in [-0.4, -0.2) is 38.5 Å². The summed E-state index contributed by atoms with van der Waals surface area (Å²) in [5.41, 5.74) is 0. The van der Waals surface area contributed by atoms with Crippen LogP contribution in [0.2, 0.25) is 5.02 Å². The van der Waals surface area contributed by atoms with Gasteiger partial charge in [-0.3, -0.25) is 0 Å². The highest BCUT2D eigenvalue weighted by Gasteiger charge is 2.30. The van der Waals surface area contributed by atoms with Crippen molar-refractivity contribution in [1.82, 2.24) is 4.31 Å². The molecule has 1 aromatic carbocycles. The molecule has 1 unspecified atom stereocenters. The Bertz CT molecular complexity index is 530. The fourth-order valence-electron chi connectivity index (χ4n) is 2.30. The molecule has 112 valence electrons. The Kier molecular flexibility index (Phi) is 5.43. The Hall–Kier alpha value is -0.620. The first-order valence-corrected chi connectivity index (χ1v) is 8.73. The van der Waals surface area contributed by atoms with Crippen molar-refractivity contribution in [3.63, 3.8) is 0 Å². The third kappa shape index (κ3) is 3.73. The van der Waals surface area contributed by atoms with Gasteiger partial charge < -0.3 is 4.74 Å². The van der Waals surface area contributed by atoms with Crippen molar-refractivity contribution in [1.29, 1.82) is 0 Å². The highest BCUT2D eigenvalue weighted by atomic mass is 35.5. The summed E-state index contributed by atoms with van der Waals surface area (Å²) in [6.07, 6.45) is 2.71. The van der Waals surface area contributed by atoms with E-state index in [2.05, 4.69) is 0 Å². The highest BCUT2D eigenvalue weighted by Crippen LogP contribution is 2.23. The van der Waals surface area contributed by atoms with Gasteiger partial charge in [-0.25, -0.2) is 8.42 Å². The summed E-state index contributed by atoms with van der Waals surface area (Å²) in [5, 5.41) is 0.534. The highest BCUT2D eigenvalue weighted by molar-refractivity contribution is 7.89. The number of rotatable bonds is 5. The maximum Gasteiger partial charge on any atom is 0.243 e. The van der Waals surface area contributed by atoms with Crippen molar-refractivity contribution in [2.45, 2.75) is 37.2 Å². The Balaban J connectivity index is 2.10. The van der Waals surface area contributed by atoms with E-state index in [1.165, 1.54) is 4.31 Å². The molecule has 0 amide bonds. The quantitative estimate of drug-likeness (QED) is 0.839. The summed E-state index contributed by atoms with van der Waals surface area (Å²) < 4.78 is 32.3. The minimum Gasteiger partial charge on any atom is -0.377 e. The van der Waals surface area contributed by atoms with Gasteiger partial charge in [-0.2, -0.15) is 4.31 Å². The average Bonchev–Trinajstić information content (AvgIpc) is 2.46. The first kappa shape index (κ1) is 15.8. The molecular weight excluding hydrogens is 298 g/mol. The lowest BCUT2D eigenvalue weighted by Crippen LogP contribution is -2.43. The maximum absolute atomic E-state index is 12.5. The van der Waals surface area contributed by atoms with Crippen molar-refractivity contribution < 1.29 is 13.2 Å². The van der Waals surface area contributed by atoms with Gasteiger partial charge in [0.2, 0.25) is 10.0 Å². The molecule has 0 N–H and O–H groups in total. The first-order chi connectivity index (χ1) is 9.54. The molecule has 1 aliphatic heterocycles. The molecule has 0 aliphatic carbocycles. The molecule has 0 aromatic heterocycles. The van der Waals surface area contributed by atoms with Gasteiger partial charge in [0.25, 0.3) is 0 Å². The van der Waals surface area contributed by atoms with Crippen molar-refractivity contribution in [3.05, 3.63) is 29.3 Å². The van der Waals surface area contributed by atoms with Crippen molar-refractivity contribution in [3.8, 4) is 0 Å². The lowest BCUT2D eigenvalue weighted by molar-refractivity contribution is 0.0193. The minimum absolute atomic E-state index is 0.00535. The van der Waals surface area contributed by atoms with Crippen LogP contribution in [0.4, 0.5) is 0 Å². The Morgan fingerprint density at radius 1 is 1.35 bits per heavy atom. The van der Waals surface area contributed by atoms with Crippen molar-refractivity contribution in [2.24, 2.45) is 0 Å². The number of piperidine rings is 1. The molecule has 0 radical (unpaired) electrons. The Labute approximate surface area is 125 Å². The molecule has 1 aliphatic rings. The number of benzene rings is 1. The maximum atomic E-state index is 12.5. The zero-order valence-corrected chi connectivity index (χ0v) is 13.2. The molecule has 1 atom stereocenters. The lowest BCUT2D eigenvalue weighted by Gasteiger charge is -2.31. The molecule has 2 rings (SSSR count). The molecule has 1 fully saturated rings. The summed E-state index contributed by atoms with van der Waals surface area (Å²) in [5.74, 6) is 0. The zero-order chi connectivity index (χ0) is 14.6. The van der Waals surface area contributed by atoms with Gasteiger partial charge in [-0.1, -0.05) is 18.5 Å². The van der Waals surface area contributed by atoms with E-state index in [1.807, 2.05) is 6.92 Å². The first-order valence-electron chi connectivity index (χ1n) is 6.91. The third-order valence-corrected chi connectivity index (χ3v) is 5.48. The molecule has 0 saturated carbocycles. The second-order valence-corrected chi connectivity index (χ2v) is 7.33. The fraction of sp³-hybridized carbons (Fsp3) is 0.571. The summed E-state index contributed by atoms with van der Waals surface area (Å²) >= 11 is 5.80. The molecule has 6 heteroatoms. The van der Waals surface area contributed by atoms with Crippen LogP contribution in [0.25, 0.3) is 0 Å². The second-order valence-electron chi connectivity index (χ2n) is 4.95. The summed E-state index contributed by atoms with van der Waals surface area (Å²) in [6, 6.07) is 6.30. The predicted octanol–water partition coefficient (Wildman–Crippen LogP) is 2.92. The number of hydrogen-bond acceptors (Lipinski definition) is 3. The number of nitrogens with zero attached hydrogens (tertiary/aromatic N) is 1. The smallest absolute Gasteiger partial charge is 0.243 e. The monoisotopic (exact) mass is 317 g/mol. The average molecular weight is 318 g/mol. The van der Waals surface area contributed by atoms with E-state index in [1.54, 1.807) is 24.3 Å². The van der Waals surface area contributed by atoms with Crippen LogP contribution in [-0.2, 0) is 14.8 Å². The van der Waals surface area contributed by atoms with Crippen LogP contribution < -0.4 is 0 Å². The Morgan fingerprint density at radius 2 is 2.05 bits per heavy atom. The predicted molar refractivity (Wildman–Crippen MR) is 79.5 cm³/mol. The van der Waals surface area contributed by atoms with Gasteiger partial charge in [0, 0.05) is 24.7 Å². The van der Waals surface area contributed by atoms with Crippen LogP contribution in [0.3, 0.4) is 0 Å². The molecule has 0 spiro atoms. The van der Waals surface area contributed by atoms with E-state index in [0.717, 1.165) is 19.3 Å². The second kappa shape index (κ2) is 6.89. The Morgan fingerprint density at radius 3 is 2.70 bits per heavy atom. The van der Waals surface area contributed by atoms with Gasteiger partial charge >= 0.3 is 0 Å². The van der Waals surface area contributed by atoms with Gasteiger partial charge in [0.15, 0.2) is 0 Å². The van der Waals surface area contributed by atoms with Gasteiger partial charge in [-0.15, -0.1) is 0 Å². The lowest BCUT2D eigenvalue weighted by atomic mass is 10.1. The van der Waals surface area contributed by atoms with Crippen LogP contribution >= 0.6 is 11.6 Å². The number of sulfonamides is 1. The summed E-state index contributed by atoms with van der Waals surface area (Å²) in [6.45, 7) is 3.71. The normalized spacial score (nSPS) is 21.0. The summed E-state index contributed by atoms with van der Waals surface area (Å²) in [7, 11) is -3.44. The van der Waals surface area contributed by atoms with E-state index in [0.29, 0.717) is 24.7 Å². The van der Waals surface area contributed by atoms with E-state index >= 15 is 0 Å². The topological polar surface area (TPSA) is 46.6 Å². The van der Waals surface area contributed by atoms with E-state index in [-0.39, 0.29) is 11.0 Å². The third-order valence-electron chi connectivity index (χ3n) is 3.35. The number of halogens is 1. The SMILES string of the molecule is CCCOC1CCCN(S(=O)(=O)c2ccc(Cl)cc2)C1. The zero-order valence-electron chi connectivity index (χ0n) is 11.6. The number of hydrogen-bond donors (Lipinski definition) is 0. The van der Waals surface area contributed by atoms with Crippen molar-refractivity contribution >= 4 is 21.6 Å². The van der Waals surface area contributed by atoms with Crippen molar-refractivity contribution in [2.75, 3.05) is 19.7 Å². The number of ether oxygens (including phenoxy) is 1. The van der Waals surface area contributed by atoms with Crippen LogP contribution in [0.15, 0.2) is 29.2 Å². The van der Waals surface area contributed by atoms with E-state index in [9.17, 15) is 8.42 Å². The van der Waals surface area contributed by atoms with E-state index < -0.39 is 10.0 Å². The molecule has 20 heavy (non-hydrogen) atoms. The molecule has 4 nitrogen and oxygen atoms in total. The van der Waals surface area contributed by atoms with Gasteiger partial charge in [0.1, 0.15) is 0 Å². The fourth-order valence-corrected chi connectivity index (χ4v) is 3.94. The van der Waals surface area contributed by atoms with Crippen LogP contribution in [0.5, 0.6) is 0 Å². The minimum atomic E-state index is -3.44. The molecular formula is C14H20ClNO3S. The molecule has 1 heterocycles. The largest absolute Gasteiger partial charge is 0.377 e. The van der Waals surface area contributed by atoms with Crippen LogP contribution in [0, 0.1) is 0 Å². The molecule has 0 bridgehead atoms. The van der Waals surface area contributed by atoms with Gasteiger partial charge in [0.05, 0.1) is 11.0 Å². The standard InChI is InChI=1S/C14H20ClNO3S/c1-2-10-19-13-4-3-9-16(11-13)20(17,18)14-7-5-12(15)6-8-14/h5-8,13H,2-4,9-11H2,1H3. The van der Waals surface area contributed by atoms with Crippen LogP contribution in [0.1, 0.15) is 26.2 Å². The van der Waals surface area contributed by atoms with Gasteiger partial charge in [-0.05, 0) is 43.5 Å². The molecule has 1 aromatic rings. The molecule has 1 saturated heterocycles. The van der Waals surface area contributed by atoms with E-state index in [4.69, 9.17) is 16.3 Å².